The maximum absolute atomic E-state index is 11.7. The fourth-order valence-corrected chi connectivity index (χ4v) is 1.65. The molecule has 0 atom stereocenters. The molecule has 6 nitrogen and oxygen atoms in total. The van der Waals surface area contributed by atoms with Crippen molar-refractivity contribution in [2.24, 2.45) is 0 Å². The highest BCUT2D eigenvalue weighted by molar-refractivity contribution is 5.76. The molecule has 19 heavy (non-hydrogen) atoms. The highest BCUT2D eigenvalue weighted by Gasteiger charge is 2.27. The summed E-state index contributed by atoms with van der Waals surface area (Å²) in [5, 5.41) is 23.8. The van der Waals surface area contributed by atoms with Crippen LogP contribution in [-0.2, 0) is 9.59 Å². The second kappa shape index (κ2) is 9.75. The quantitative estimate of drug-likeness (QED) is 0.419. The smallest absolute Gasteiger partial charge is 0.220 e. The molecule has 0 radical (unpaired) electrons. The first-order valence-corrected chi connectivity index (χ1v) is 6.77. The van der Waals surface area contributed by atoms with E-state index in [1.165, 1.54) is 6.92 Å². The van der Waals surface area contributed by atoms with Crippen LogP contribution in [0, 0.1) is 0 Å². The molecule has 0 saturated heterocycles. The van der Waals surface area contributed by atoms with E-state index in [1.54, 1.807) is 6.92 Å². The van der Waals surface area contributed by atoms with Crippen LogP contribution in [0.15, 0.2) is 0 Å². The standard InChI is InChI=1S/C13H26N2O4/c1-3-13(9-16,10-17)15-12(19)7-5-4-6-8-14-11(2)18/h16-17H,3-10H2,1-2H3,(H,14,18)(H,15,19). The summed E-state index contributed by atoms with van der Waals surface area (Å²) in [5.74, 6) is -0.208. The van der Waals surface area contributed by atoms with Gasteiger partial charge in [-0.05, 0) is 19.3 Å². The van der Waals surface area contributed by atoms with Crippen molar-refractivity contribution in [1.29, 1.82) is 0 Å². The number of hydrogen-bond donors (Lipinski definition) is 4. The number of aliphatic hydroxyl groups is 2. The lowest BCUT2D eigenvalue weighted by Crippen LogP contribution is -2.53. The van der Waals surface area contributed by atoms with Crippen molar-refractivity contribution < 1.29 is 19.8 Å². The van der Waals surface area contributed by atoms with Gasteiger partial charge in [-0.3, -0.25) is 9.59 Å². The van der Waals surface area contributed by atoms with Gasteiger partial charge in [0.25, 0.3) is 0 Å². The first kappa shape index (κ1) is 17.9. The predicted octanol–water partition coefficient (Wildman–Crippen LogP) is -0.0675. The van der Waals surface area contributed by atoms with Crippen molar-refractivity contribution in [3.05, 3.63) is 0 Å². The van der Waals surface area contributed by atoms with Crippen LogP contribution in [0.2, 0.25) is 0 Å². The van der Waals surface area contributed by atoms with E-state index >= 15 is 0 Å². The van der Waals surface area contributed by atoms with Gasteiger partial charge in [0.15, 0.2) is 0 Å². The molecular weight excluding hydrogens is 248 g/mol. The Morgan fingerprint density at radius 3 is 2.21 bits per heavy atom. The minimum atomic E-state index is -0.909. The Kier molecular flexibility index (Phi) is 9.16. The van der Waals surface area contributed by atoms with E-state index in [0.717, 1.165) is 19.3 Å². The molecule has 0 bridgehead atoms. The van der Waals surface area contributed by atoms with Gasteiger partial charge in [-0.25, -0.2) is 0 Å². The summed E-state index contributed by atoms with van der Waals surface area (Å²) in [6.07, 6.45) is 3.26. The largest absolute Gasteiger partial charge is 0.394 e. The van der Waals surface area contributed by atoms with Crippen LogP contribution in [0.5, 0.6) is 0 Å². The summed E-state index contributed by atoms with van der Waals surface area (Å²) >= 11 is 0. The van der Waals surface area contributed by atoms with Crippen LogP contribution >= 0.6 is 0 Å². The third-order valence-electron chi connectivity index (χ3n) is 3.14. The van der Waals surface area contributed by atoms with Crippen molar-refractivity contribution in [3.63, 3.8) is 0 Å². The zero-order valence-electron chi connectivity index (χ0n) is 11.9. The van der Waals surface area contributed by atoms with Crippen LogP contribution < -0.4 is 10.6 Å². The number of hydrogen-bond acceptors (Lipinski definition) is 4. The molecular formula is C13H26N2O4. The lowest BCUT2D eigenvalue weighted by Gasteiger charge is -2.29. The maximum atomic E-state index is 11.7. The van der Waals surface area contributed by atoms with Crippen LogP contribution in [0.3, 0.4) is 0 Å². The molecule has 112 valence electrons. The summed E-state index contributed by atoms with van der Waals surface area (Å²) in [5.41, 5.74) is -0.909. The molecule has 0 aliphatic rings. The SMILES string of the molecule is CCC(CO)(CO)NC(=O)CCCCCNC(C)=O. The monoisotopic (exact) mass is 274 g/mol. The Morgan fingerprint density at radius 2 is 1.74 bits per heavy atom. The molecule has 0 aromatic heterocycles. The topological polar surface area (TPSA) is 98.7 Å². The van der Waals surface area contributed by atoms with Crippen LogP contribution in [-0.4, -0.2) is 47.3 Å². The van der Waals surface area contributed by atoms with Crippen LogP contribution in [0.4, 0.5) is 0 Å². The second-order valence-corrected chi connectivity index (χ2v) is 4.79. The number of nitrogens with one attached hydrogen (secondary N) is 2. The van der Waals surface area contributed by atoms with Crippen molar-refractivity contribution in [3.8, 4) is 0 Å². The van der Waals surface area contributed by atoms with E-state index in [1.807, 2.05) is 0 Å². The van der Waals surface area contributed by atoms with E-state index < -0.39 is 5.54 Å². The van der Waals surface area contributed by atoms with Gasteiger partial charge in [0.2, 0.25) is 11.8 Å². The van der Waals surface area contributed by atoms with Crippen molar-refractivity contribution >= 4 is 11.8 Å². The Bertz CT molecular complexity index is 270. The van der Waals surface area contributed by atoms with Gasteiger partial charge < -0.3 is 20.8 Å². The Balaban J connectivity index is 3.77. The average molecular weight is 274 g/mol. The van der Waals surface area contributed by atoms with Gasteiger partial charge in [0.05, 0.1) is 18.8 Å². The molecule has 0 rings (SSSR count). The Hall–Kier alpha value is -1.14. The highest BCUT2D eigenvalue weighted by atomic mass is 16.3. The molecule has 0 aliphatic carbocycles. The Morgan fingerprint density at radius 1 is 1.11 bits per heavy atom. The van der Waals surface area contributed by atoms with E-state index in [-0.39, 0.29) is 25.0 Å². The highest BCUT2D eigenvalue weighted by Crippen LogP contribution is 2.09. The van der Waals surface area contributed by atoms with E-state index in [2.05, 4.69) is 10.6 Å². The van der Waals surface area contributed by atoms with Crippen molar-refractivity contribution in [2.75, 3.05) is 19.8 Å². The molecule has 0 fully saturated rings. The van der Waals surface area contributed by atoms with Gasteiger partial charge in [0, 0.05) is 19.9 Å². The zero-order valence-corrected chi connectivity index (χ0v) is 11.9. The molecule has 2 amide bonds. The minimum absolute atomic E-state index is 0.0450. The number of carbonyl (C=O) groups is 2. The summed E-state index contributed by atoms with van der Waals surface area (Å²) in [6.45, 7) is 3.37. The first-order valence-electron chi connectivity index (χ1n) is 6.77. The summed E-state index contributed by atoms with van der Waals surface area (Å²) in [7, 11) is 0. The fourth-order valence-electron chi connectivity index (χ4n) is 1.65. The van der Waals surface area contributed by atoms with Gasteiger partial charge in [0.1, 0.15) is 0 Å². The lowest BCUT2D eigenvalue weighted by atomic mass is 9.98. The minimum Gasteiger partial charge on any atom is -0.394 e. The normalized spacial score (nSPS) is 11.2. The van der Waals surface area contributed by atoms with Crippen LogP contribution in [0.1, 0.15) is 46.0 Å². The predicted molar refractivity (Wildman–Crippen MR) is 72.5 cm³/mol. The molecule has 0 aliphatic heterocycles. The van der Waals surface area contributed by atoms with E-state index in [9.17, 15) is 19.8 Å². The molecule has 6 heteroatoms. The van der Waals surface area contributed by atoms with Crippen molar-refractivity contribution in [2.45, 2.75) is 51.5 Å². The Labute approximate surface area is 114 Å². The lowest BCUT2D eigenvalue weighted by molar-refractivity contribution is -0.124. The molecule has 0 saturated carbocycles. The van der Waals surface area contributed by atoms with Gasteiger partial charge in [-0.15, -0.1) is 0 Å². The van der Waals surface area contributed by atoms with Crippen molar-refractivity contribution in [1.82, 2.24) is 10.6 Å². The zero-order chi connectivity index (χ0) is 14.7. The van der Waals surface area contributed by atoms with Gasteiger partial charge in [-0.2, -0.15) is 0 Å². The number of carbonyl (C=O) groups excluding carboxylic acids is 2. The van der Waals surface area contributed by atoms with E-state index in [0.29, 0.717) is 19.4 Å². The third-order valence-corrected chi connectivity index (χ3v) is 3.14. The summed E-state index contributed by atoms with van der Waals surface area (Å²) in [4.78, 5) is 22.3. The molecule has 4 N–H and O–H groups in total. The average Bonchev–Trinajstić information content (AvgIpc) is 2.40. The molecule has 0 spiro atoms. The first-order chi connectivity index (χ1) is 8.99. The van der Waals surface area contributed by atoms with Gasteiger partial charge >= 0.3 is 0 Å². The number of amides is 2. The molecule has 0 unspecified atom stereocenters. The number of aliphatic hydroxyl groups excluding tert-OH is 2. The molecule has 0 heterocycles. The fraction of sp³-hybridized carbons (Fsp3) is 0.846. The van der Waals surface area contributed by atoms with Gasteiger partial charge in [-0.1, -0.05) is 13.3 Å². The summed E-state index contributed by atoms with van der Waals surface area (Å²) < 4.78 is 0. The van der Waals surface area contributed by atoms with E-state index in [4.69, 9.17) is 0 Å². The van der Waals surface area contributed by atoms with Crippen LogP contribution in [0.25, 0.3) is 0 Å². The summed E-state index contributed by atoms with van der Waals surface area (Å²) in [6, 6.07) is 0. The maximum Gasteiger partial charge on any atom is 0.220 e. The molecule has 0 aromatic carbocycles. The molecule has 0 aromatic rings. The number of unbranched alkanes of at least 4 members (excludes halogenated alkanes) is 2. The second-order valence-electron chi connectivity index (χ2n) is 4.79. The number of rotatable bonds is 10. The third kappa shape index (κ3) is 7.79.